The first-order valence-electron chi connectivity index (χ1n) is 10.3. The predicted molar refractivity (Wildman–Crippen MR) is 127 cm³/mol. The highest BCUT2D eigenvalue weighted by atomic mass is 32.2. The lowest BCUT2D eigenvalue weighted by Crippen LogP contribution is -2.35. The molecule has 0 bridgehead atoms. The van der Waals surface area contributed by atoms with E-state index in [0.29, 0.717) is 40.0 Å². The Bertz CT molecular complexity index is 1330. The number of piperidine rings is 1. The van der Waals surface area contributed by atoms with Crippen molar-refractivity contribution in [3.05, 3.63) is 53.4 Å². The second-order valence-corrected chi connectivity index (χ2v) is 12.2. The van der Waals surface area contributed by atoms with Crippen LogP contribution in [-0.4, -0.2) is 44.3 Å². The number of nitrogens with zero attached hydrogens (tertiary/aromatic N) is 2. The fraction of sp³-hybridized carbons (Fsp3) is 0.286. The van der Waals surface area contributed by atoms with Gasteiger partial charge in [-0.25, -0.2) is 27.0 Å². The lowest BCUT2D eigenvalue weighted by Gasteiger charge is -2.25. The third kappa shape index (κ3) is 5.26. The van der Waals surface area contributed by atoms with Crippen LogP contribution in [0.1, 0.15) is 24.1 Å². The Morgan fingerprint density at radius 2 is 1.55 bits per heavy atom. The largest absolute Gasteiger partial charge is 0.391 e. The smallest absolute Gasteiger partial charge is 0.243 e. The van der Waals surface area contributed by atoms with E-state index in [9.17, 15) is 21.9 Å². The lowest BCUT2D eigenvalue weighted by molar-refractivity contribution is 0.286. The van der Waals surface area contributed by atoms with Gasteiger partial charge in [-0.2, -0.15) is 4.31 Å². The maximum Gasteiger partial charge on any atom is 0.243 e. The van der Waals surface area contributed by atoms with Crippen molar-refractivity contribution in [2.45, 2.75) is 35.7 Å². The monoisotopic (exact) mass is 508 g/mol. The number of rotatable bonds is 7. The average molecular weight is 509 g/mol. The average Bonchev–Trinajstić information content (AvgIpc) is 3.22. The SMILES string of the molecule is NS(=O)(=O)c1ccc(Nc2nc(-c3ccc(S(=O)(=O)N4CCCCC4)cc3)c(CO)s2)cc1. The zero-order valence-electron chi connectivity index (χ0n) is 17.6. The van der Waals surface area contributed by atoms with Crippen LogP contribution in [0.4, 0.5) is 10.8 Å². The van der Waals surface area contributed by atoms with Crippen LogP contribution >= 0.6 is 11.3 Å². The third-order valence-corrected chi connectivity index (χ3v) is 9.15. The minimum Gasteiger partial charge on any atom is -0.391 e. The van der Waals surface area contributed by atoms with E-state index in [4.69, 9.17) is 5.14 Å². The maximum atomic E-state index is 12.9. The van der Waals surface area contributed by atoms with E-state index in [1.165, 1.54) is 27.8 Å². The van der Waals surface area contributed by atoms with Gasteiger partial charge in [-0.3, -0.25) is 0 Å². The number of thiazole rings is 1. The lowest BCUT2D eigenvalue weighted by atomic mass is 10.1. The van der Waals surface area contributed by atoms with Crippen molar-refractivity contribution >= 4 is 42.2 Å². The number of nitrogens with two attached hydrogens (primary N) is 1. The van der Waals surface area contributed by atoms with Gasteiger partial charge in [-0.05, 0) is 49.2 Å². The summed E-state index contributed by atoms with van der Waals surface area (Å²) in [4.78, 5) is 5.40. The van der Waals surface area contributed by atoms with Crippen LogP contribution in [0, 0.1) is 0 Å². The number of hydrogen-bond acceptors (Lipinski definition) is 8. The molecule has 4 rings (SSSR count). The molecule has 1 aliphatic rings. The third-order valence-electron chi connectivity index (χ3n) is 5.36. The van der Waals surface area contributed by atoms with E-state index >= 15 is 0 Å². The van der Waals surface area contributed by atoms with Crippen molar-refractivity contribution in [1.82, 2.24) is 9.29 Å². The highest BCUT2D eigenvalue weighted by Crippen LogP contribution is 2.34. The normalized spacial score (nSPS) is 15.5. The van der Waals surface area contributed by atoms with Crippen LogP contribution < -0.4 is 10.5 Å². The van der Waals surface area contributed by atoms with Gasteiger partial charge in [0.2, 0.25) is 20.0 Å². The first kappa shape index (κ1) is 23.8. The second-order valence-electron chi connectivity index (χ2n) is 7.63. The van der Waals surface area contributed by atoms with Crippen LogP contribution in [0.25, 0.3) is 11.3 Å². The number of hydrogen-bond donors (Lipinski definition) is 3. The molecular weight excluding hydrogens is 484 g/mol. The Morgan fingerprint density at radius 1 is 0.939 bits per heavy atom. The fourth-order valence-corrected chi connectivity index (χ4v) is 6.52. The number of nitrogens with one attached hydrogen (secondary N) is 1. The molecule has 0 atom stereocenters. The number of aliphatic hydroxyl groups excluding tert-OH is 1. The van der Waals surface area contributed by atoms with Crippen LogP contribution in [0.15, 0.2) is 58.3 Å². The van der Waals surface area contributed by atoms with E-state index in [0.717, 1.165) is 19.3 Å². The molecule has 9 nitrogen and oxygen atoms in total. The molecule has 0 saturated carbocycles. The number of anilines is 2. The number of sulfonamides is 2. The van der Waals surface area contributed by atoms with Crippen molar-refractivity contribution in [1.29, 1.82) is 0 Å². The van der Waals surface area contributed by atoms with Gasteiger partial charge in [-0.15, -0.1) is 0 Å². The standard InChI is InChI=1S/C21H24N4O5S3/c22-32(27,28)17-10-6-16(7-11-17)23-21-24-20(19(14-26)31-21)15-4-8-18(9-5-15)33(29,30)25-12-2-1-3-13-25/h4-11,26H,1-3,12-14H2,(H,23,24)(H2,22,27,28). The molecule has 2 aromatic carbocycles. The number of aromatic nitrogens is 1. The summed E-state index contributed by atoms with van der Waals surface area (Å²) >= 11 is 1.25. The Labute approximate surface area is 197 Å². The van der Waals surface area contributed by atoms with Gasteiger partial charge < -0.3 is 10.4 Å². The molecule has 12 heteroatoms. The minimum absolute atomic E-state index is 0.00326. The van der Waals surface area contributed by atoms with E-state index in [2.05, 4.69) is 10.3 Å². The Balaban J connectivity index is 1.56. The molecule has 0 spiro atoms. The highest BCUT2D eigenvalue weighted by Gasteiger charge is 2.26. The van der Waals surface area contributed by atoms with E-state index < -0.39 is 20.0 Å². The highest BCUT2D eigenvalue weighted by molar-refractivity contribution is 7.89. The summed E-state index contributed by atoms with van der Waals surface area (Å²) in [6.07, 6.45) is 2.79. The van der Waals surface area contributed by atoms with Crippen molar-refractivity contribution < 1.29 is 21.9 Å². The summed E-state index contributed by atoms with van der Waals surface area (Å²) in [6, 6.07) is 12.4. The summed E-state index contributed by atoms with van der Waals surface area (Å²) in [5.41, 5.74) is 1.84. The number of benzene rings is 2. The van der Waals surface area contributed by atoms with Gasteiger partial charge >= 0.3 is 0 Å². The molecule has 0 unspecified atom stereocenters. The number of primary sulfonamides is 1. The molecule has 1 aromatic heterocycles. The summed E-state index contributed by atoms with van der Waals surface area (Å²) < 4.78 is 50.1. The van der Waals surface area contributed by atoms with Gasteiger partial charge in [0.15, 0.2) is 5.13 Å². The van der Waals surface area contributed by atoms with Gasteiger partial charge in [0, 0.05) is 24.3 Å². The molecule has 1 saturated heterocycles. The van der Waals surface area contributed by atoms with Gasteiger partial charge in [0.05, 0.1) is 27.0 Å². The van der Waals surface area contributed by atoms with Crippen molar-refractivity contribution in [2.24, 2.45) is 5.14 Å². The van der Waals surface area contributed by atoms with E-state index in [1.807, 2.05) is 0 Å². The fourth-order valence-electron chi connectivity index (χ4n) is 3.63. The summed E-state index contributed by atoms with van der Waals surface area (Å²) in [5.74, 6) is 0. The van der Waals surface area contributed by atoms with Gasteiger partial charge in [0.1, 0.15) is 0 Å². The summed E-state index contributed by atoms with van der Waals surface area (Å²) in [7, 11) is -7.30. The van der Waals surface area contributed by atoms with E-state index in [-0.39, 0.29) is 16.4 Å². The van der Waals surface area contributed by atoms with Gasteiger partial charge in [-0.1, -0.05) is 29.9 Å². The maximum absolute atomic E-state index is 12.9. The first-order chi connectivity index (χ1) is 15.7. The Kier molecular flexibility index (Phi) is 6.84. The molecule has 0 amide bonds. The van der Waals surface area contributed by atoms with Crippen molar-refractivity contribution in [3.8, 4) is 11.3 Å². The topological polar surface area (TPSA) is 143 Å². The number of aliphatic hydroxyl groups is 1. The Morgan fingerprint density at radius 3 is 2.12 bits per heavy atom. The molecular formula is C21H24N4O5S3. The van der Waals surface area contributed by atoms with Crippen LogP contribution in [0.3, 0.4) is 0 Å². The van der Waals surface area contributed by atoms with Crippen molar-refractivity contribution in [2.75, 3.05) is 18.4 Å². The molecule has 1 fully saturated rings. The molecule has 176 valence electrons. The quantitative estimate of drug-likeness (QED) is 0.445. The van der Waals surface area contributed by atoms with E-state index in [1.54, 1.807) is 36.4 Å². The zero-order valence-corrected chi connectivity index (χ0v) is 20.1. The predicted octanol–water partition coefficient (Wildman–Crippen LogP) is 2.87. The molecule has 2 heterocycles. The molecule has 1 aliphatic heterocycles. The molecule has 3 aromatic rings. The summed E-state index contributed by atoms with van der Waals surface area (Å²) in [5, 5.41) is 18.5. The Hall–Kier alpha value is -2.35. The summed E-state index contributed by atoms with van der Waals surface area (Å²) in [6.45, 7) is 0.850. The molecule has 0 radical (unpaired) electrons. The van der Waals surface area contributed by atoms with Crippen LogP contribution in [-0.2, 0) is 26.7 Å². The first-order valence-corrected chi connectivity index (χ1v) is 14.1. The second kappa shape index (κ2) is 9.49. The van der Waals surface area contributed by atoms with Crippen LogP contribution in [0.5, 0.6) is 0 Å². The molecule has 33 heavy (non-hydrogen) atoms. The van der Waals surface area contributed by atoms with Crippen LogP contribution in [0.2, 0.25) is 0 Å². The minimum atomic E-state index is -3.78. The zero-order chi connectivity index (χ0) is 23.6. The van der Waals surface area contributed by atoms with Crippen molar-refractivity contribution in [3.63, 3.8) is 0 Å². The molecule has 4 N–H and O–H groups in total. The van der Waals surface area contributed by atoms with Gasteiger partial charge in [0.25, 0.3) is 0 Å². The molecule has 0 aliphatic carbocycles.